The molecule has 0 radical (unpaired) electrons. The summed E-state index contributed by atoms with van der Waals surface area (Å²) in [7, 11) is 1.94. The highest BCUT2D eigenvalue weighted by molar-refractivity contribution is 5.70. The van der Waals surface area contributed by atoms with E-state index >= 15 is 0 Å². The van der Waals surface area contributed by atoms with Gasteiger partial charge in [0.2, 0.25) is 0 Å². The maximum atomic E-state index is 5.48. The number of nitrogens with one attached hydrogen (secondary N) is 1. The molecular weight excluding hydrogens is 378 g/mol. The molecule has 8 nitrogen and oxygen atoms in total. The summed E-state index contributed by atoms with van der Waals surface area (Å²) in [6, 6.07) is 8.41. The quantitative estimate of drug-likeness (QED) is 0.552. The molecule has 0 bridgehead atoms. The van der Waals surface area contributed by atoms with Gasteiger partial charge in [0.05, 0.1) is 25.1 Å². The van der Waals surface area contributed by atoms with Gasteiger partial charge < -0.3 is 15.0 Å². The fraction of sp³-hybridized carbons (Fsp3) is 0.318. The van der Waals surface area contributed by atoms with Crippen molar-refractivity contribution in [2.24, 2.45) is 7.05 Å². The van der Waals surface area contributed by atoms with Crippen LogP contribution in [0.3, 0.4) is 0 Å². The van der Waals surface area contributed by atoms with Gasteiger partial charge in [-0.15, -0.1) is 0 Å². The number of imidazole rings is 1. The van der Waals surface area contributed by atoms with Gasteiger partial charge in [-0.1, -0.05) is 24.3 Å². The van der Waals surface area contributed by atoms with Gasteiger partial charge in [-0.2, -0.15) is 5.10 Å². The van der Waals surface area contributed by atoms with Gasteiger partial charge in [-0.05, 0) is 18.1 Å². The van der Waals surface area contributed by atoms with E-state index in [0.717, 1.165) is 54.8 Å². The minimum absolute atomic E-state index is 0.689. The number of hydrogen-bond donors (Lipinski definition) is 1. The van der Waals surface area contributed by atoms with E-state index in [0.29, 0.717) is 6.54 Å². The van der Waals surface area contributed by atoms with Crippen molar-refractivity contribution in [2.75, 3.05) is 36.5 Å². The molecule has 1 N–H and O–H groups in total. The monoisotopic (exact) mass is 403 g/mol. The van der Waals surface area contributed by atoms with Gasteiger partial charge in [-0.25, -0.2) is 9.97 Å². The van der Waals surface area contributed by atoms with Crippen molar-refractivity contribution >= 4 is 17.3 Å². The summed E-state index contributed by atoms with van der Waals surface area (Å²) in [4.78, 5) is 11.7. The second kappa shape index (κ2) is 7.79. The summed E-state index contributed by atoms with van der Waals surface area (Å²) in [5, 5.41) is 7.92. The molecule has 1 fully saturated rings. The molecular formula is C22H25N7O. The zero-order chi connectivity index (χ0) is 20.5. The summed E-state index contributed by atoms with van der Waals surface area (Å²) >= 11 is 0. The maximum Gasteiger partial charge on any atom is 0.182 e. The number of aromatic nitrogens is 5. The van der Waals surface area contributed by atoms with Crippen molar-refractivity contribution < 1.29 is 4.74 Å². The van der Waals surface area contributed by atoms with Crippen molar-refractivity contribution in [1.82, 2.24) is 24.1 Å². The third-order valence-corrected chi connectivity index (χ3v) is 5.49. The van der Waals surface area contributed by atoms with Gasteiger partial charge in [0, 0.05) is 50.8 Å². The summed E-state index contributed by atoms with van der Waals surface area (Å²) in [6.45, 7) is 5.83. The van der Waals surface area contributed by atoms with Crippen LogP contribution >= 0.6 is 0 Å². The minimum atomic E-state index is 0.689. The zero-order valence-electron chi connectivity index (χ0n) is 17.2. The molecule has 1 aliphatic rings. The lowest BCUT2D eigenvalue weighted by Gasteiger charge is -2.27. The lowest BCUT2D eigenvalue weighted by Crippen LogP contribution is -2.37. The standard InChI is InChI=1S/C22H25N7O/c1-16-20(24-13-17-5-3-4-6-19(17)18-14-25-27(2)15-18)29-8-7-23-21(22(29)26-16)28-9-11-30-12-10-28/h3-8,14-15,24H,9-13H2,1-2H3. The van der Waals surface area contributed by atoms with Crippen LogP contribution in [0.25, 0.3) is 16.8 Å². The van der Waals surface area contributed by atoms with Crippen LogP contribution in [0.4, 0.5) is 11.6 Å². The minimum Gasteiger partial charge on any atom is -0.378 e. The number of fused-ring (bicyclic) bond motifs is 1. The van der Waals surface area contributed by atoms with Gasteiger partial charge in [-0.3, -0.25) is 9.08 Å². The Labute approximate surface area is 175 Å². The normalized spacial score (nSPS) is 14.4. The van der Waals surface area contributed by atoms with Gasteiger partial charge in [0.15, 0.2) is 11.5 Å². The van der Waals surface area contributed by atoms with Gasteiger partial charge in [0.1, 0.15) is 5.82 Å². The predicted molar refractivity (Wildman–Crippen MR) is 117 cm³/mol. The smallest absolute Gasteiger partial charge is 0.182 e. The largest absolute Gasteiger partial charge is 0.378 e. The van der Waals surface area contributed by atoms with Crippen LogP contribution in [-0.4, -0.2) is 50.5 Å². The first-order valence-corrected chi connectivity index (χ1v) is 10.2. The number of benzene rings is 1. The number of ether oxygens (including phenoxy) is 1. The number of hydrogen-bond acceptors (Lipinski definition) is 6. The number of nitrogens with zero attached hydrogens (tertiary/aromatic N) is 6. The van der Waals surface area contributed by atoms with Gasteiger partial charge in [0.25, 0.3) is 0 Å². The molecule has 4 heterocycles. The molecule has 5 rings (SSSR count). The molecule has 0 amide bonds. The van der Waals surface area contributed by atoms with E-state index < -0.39 is 0 Å². The van der Waals surface area contributed by atoms with Crippen molar-refractivity contribution in [3.63, 3.8) is 0 Å². The molecule has 3 aromatic heterocycles. The average molecular weight is 403 g/mol. The summed E-state index contributed by atoms with van der Waals surface area (Å²) in [6.07, 6.45) is 7.75. The zero-order valence-corrected chi connectivity index (χ0v) is 17.2. The van der Waals surface area contributed by atoms with Crippen LogP contribution in [0.5, 0.6) is 0 Å². The Kier molecular flexibility index (Phi) is 4.84. The van der Waals surface area contributed by atoms with Gasteiger partial charge >= 0.3 is 0 Å². The summed E-state index contributed by atoms with van der Waals surface area (Å²) < 4.78 is 9.41. The number of aryl methyl sites for hydroxylation is 2. The van der Waals surface area contributed by atoms with Crippen LogP contribution in [0.15, 0.2) is 49.1 Å². The molecule has 0 unspecified atom stereocenters. The first kappa shape index (κ1) is 18.6. The Bertz CT molecular complexity index is 1170. The maximum absolute atomic E-state index is 5.48. The molecule has 4 aromatic rings. The molecule has 8 heteroatoms. The van der Waals surface area contributed by atoms with Crippen LogP contribution in [0, 0.1) is 6.92 Å². The molecule has 30 heavy (non-hydrogen) atoms. The van der Waals surface area contributed by atoms with Crippen molar-refractivity contribution in [3.8, 4) is 11.1 Å². The van der Waals surface area contributed by atoms with Crippen molar-refractivity contribution in [3.05, 3.63) is 60.3 Å². The van der Waals surface area contributed by atoms with Crippen LogP contribution in [0.1, 0.15) is 11.3 Å². The molecule has 1 aromatic carbocycles. The SMILES string of the molecule is Cc1nc2c(N3CCOCC3)nccn2c1NCc1ccccc1-c1cnn(C)c1. The van der Waals surface area contributed by atoms with Crippen LogP contribution < -0.4 is 10.2 Å². The average Bonchev–Trinajstić information content (AvgIpc) is 3.35. The highest BCUT2D eigenvalue weighted by Crippen LogP contribution is 2.27. The highest BCUT2D eigenvalue weighted by atomic mass is 16.5. The number of morpholine rings is 1. The van der Waals surface area contributed by atoms with E-state index in [1.807, 2.05) is 43.4 Å². The fourth-order valence-corrected chi connectivity index (χ4v) is 3.98. The second-order valence-corrected chi connectivity index (χ2v) is 7.50. The molecule has 154 valence electrons. The Morgan fingerprint density at radius 1 is 1.17 bits per heavy atom. The Morgan fingerprint density at radius 3 is 2.80 bits per heavy atom. The lowest BCUT2D eigenvalue weighted by molar-refractivity contribution is 0.122. The number of anilines is 2. The summed E-state index contributed by atoms with van der Waals surface area (Å²) in [5.41, 5.74) is 5.34. The topological polar surface area (TPSA) is 72.5 Å². The first-order chi connectivity index (χ1) is 14.7. The third-order valence-electron chi connectivity index (χ3n) is 5.49. The van der Waals surface area contributed by atoms with E-state index in [1.165, 1.54) is 11.1 Å². The van der Waals surface area contributed by atoms with Crippen LogP contribution in [-0.2, 0) is 18.3 Å². The van der Waals surface area contributed by atoms with E-state index in [9.17, 15) is 0 Å². The van der Waals surface area contributed by atoms with E-state index in [-0.39, 0.29) is 0 Å². The number of rotatable bonds is 5. The Hall–Kier alpha value is -3.39. The molecule has 0 saturated carbocycles. The van der Waals surface area contributed by atoms with E-state index in [1.54, 1.807) is 0 Å². The van der Waals surface area contributed by atoms with E-state index in [4.69, 9.17) is 9.72 Å². The van der Waals surface area contributed by atoms with E-state index in [2.05, 4.69) is 49.0 Å². The van der Waals surface area contributed by atoms with Crippen molar-refractivity contribution in [1.29, 1.82) is 0 Å². The van der Waals surface area contributed by atoms with Crippen molar-refractivity contribution in [2.45, 2.75) is 13.5 Å². The third kappa shape index (κ3) is 3.39. The second-order valence-electron chi connectivity index (χ2n) is 7.50. The lowest BCUT2D eigenvalue weighted by atomic mass is 10.0. The molecule has 1 aliphatic heterocycles. The Morgan fingerprint density at radius 2 is 2.00 bits per heavy atom. The fourth-order valence-electron chi connectivity index (χ4n) is 3.98. The molecule has 1 saturated heterocycles. The molecule has 0 spiro atoms. The predicted octanol–water partition coefficient (Wildman–Crippen LogP) is 2.89. The summed E-state index contributed by atoms with van der Waals surface area (Å²) in [5.74, 6) is 1.90. The highest BCUT2D eigenvalue weighted by Gasteiger charge is 2.19. The molecule has 0 aliphatic carbocycles. The first-order valence-electron chi connectivity index (χ1n) is 10.2. The van der Waals surface area contributed by atoms with Crippen LogP contribution in [0.2, 0.25) is 0 Å². The molecule has 0 atom stereocenters. The Balaban J connectivity index is 1.45.